The first-order valence-electron chi connectivity index (χ1n) is 15.5. The number of esters is 1. The largest absolute Gasteiger partial charge is 0.454 e. The molecule has 1 saturated heterocycles. The Morgan fingerprint density at radius 1 is 1.00 bits per heavy atom. The number of carbonyl (C=O) groups is 2. The number of benzene rings is 3. The van der Waals surface area contributed by atoms with Gasteiger partial charge in [0, 0.05) is 28.9 Å². The third-order valence-corrected chi connectivity index (χ3v) is 11.5. The summed E-state index contributed by atoms with van der Waals surface area (Å²) in [7, 11) is -4.13. The quantitative estimate of drug-likeness (QED) is 0.299. The van der Waals surface area contributed by atoms with Crippen molar-refractivity contribution in [3.8, 4) is 0 Å². The van der Waals surface area contributed by atoms with Crippen LogP contribution in [0.15, 0.2) is 82.3 Å². The van der Waals surface area contributed by atoms with Crippen molar-refractivity contribution in [1.82, 2.24) is 9.31 Å². The maximum absolute atomic E-state index is 13.8. The summed E-state index contributed by atoms with van der Waals surface area (Å²) >= 11 is 12.3. The van der Waals surface area contributed by atoms with Gasteiger partial charge in [-0.15, -0.1) is 0 Å². The van der Waals surface area contributed by atoms with Crippen LogP contribution in [0, 0.1) is 19.8 Å². The van der Waals surface area contributed by atoms with Crippen LogP contribution >= 0.6 is 23.2 Å². The van der Waals surface area contributed by atoms with Crippen molar-refractivity contribution < 1.29 is 27.9 Å². The first kappa shape index (κ1) is 33.4. The van der Waals surface area contributed by atoms with Gasteiger partial charge in [-0.25, -0.2) is 13.4 Å². The molecule has 2 fully saturated rings. The molecule has 0 unspecified atom stereocenters. The maximum Gasteiger partial charge on any atom is 0.325 e. The number of aliphatic hydroxyl groups excluding tert-OH is 1. The maximum atomic E-state index is 13.8. The smallest absolute Gasteiger partial charge is 0.325 e. The summed E-state index contributed by atoms with van der Waals surface area (Å²) in [5.74, 6) is -1.54. The van der Waals surface area contributed by atoms with Crippen LogP contribution in [0.3, 0.4) is 0 Å². The van der Waals surface area contributed by atoms with E-state index in [0.29, 0.717) is 10.0 Å². The number of rotatable bonds is 7. The lowest BCUT2D eigenvalue weighted by molar-refractivity contribution is -0.155. The molecule has 246 valence electrons. The van der Waals surface area contributed by atoms with Gasteiger partial charge in [0.2, 0.25) is 10.0 Å². The Balaban J connectivity index is 1.24. The summed E-state index contributed by atoms with van der Waals surface area (Å²) in [6, 6.07) is 17.8. The van der Waals surface area contributed by atoms with E-state index in [1.807, 2.05) is 43.3 Å². The first-order valence-corrected chi connectivity index (χ1v) is 17.7. The number of allylic oxidation sites excluding steroid dienone is 1. The molecule has 2 aliphatic heterocycles. The number of aliphatic hydroxyl groups is 1. The molecule has 1 saturated carbocycles. The number of ether oxygens (including phenoxy) is 1. The van der Waals surface area contributed by atoms with E-state index in [4.69, 9.17) is 33.0 Å². The number of sulfonamides is 1. The standard InChI is InChI=1S/C35H35Cl2N3O6S/c1-21-6-15-29(16-22(21)2)47(44,45)39-19-28(41)18-31(39)35(43)46-20-32(42)40-34(24-9-13-27(37)14-10-24)30-5-3-4-25(33(30)38-40)17-23-7-11-26(36)12-8-23/h6-17,28,30-31,34,41H,3-5,18-20H2,1-2H3/b25-17-/t28-,30-,31-,34-/m1/s1. The molecule has 47 heavy (non-hydrogen) atoms. The number of hydrogen-bond acceptors (Lipinski definition) is 7. The molecule has 2 heterocycles. The van der Waals surface area contributed by atoms with Crippen LogP contribution in [-0.2, 0) is 24.3 Å². The van der Waals surface area contributed by atoms with Gasteiger partial charge in [0.1, 0.15) is 6.04 Å². The number of nitrogens with zero attached hydrogens (tertiary/aromatic N) is 3. The van der Waals surface area contributed by atoms with Gasteiger partial charge in [-0.1, -0.05) is 53.5 Å². The van der Waals surface area contributed by atoms with E-state index in [2.05, 4.69) is 6.08 Å². The van der Waals surface area contributed by atoms with Gasteiger partial charge in [0.05, 0.1) is 22.8 Å². The lowest BCUT2D eigenvalue weighted by atomic mass is 9.77. The van der Waals surface area contributed by atoms with E-state index >= 15 is 0 Å². The predicted molar refractivity (Wildman–Crippen MR) is 180 cm³/mol. The zero-order valence-corrected chi connectivity index (χ0v) is 28.3. The van der Waals surface area contributed by atoms with Crippen LogP contribution in [0.4, 0.5) is 0 Å². The molecule has 1 amide bonds. The Bertz CT molecular complexity index is 1860. The van der Waals surface area contributed by atoms with Gasteiger partial charge < -0.3 is 9.84 Å². The SMILES string of the molecule is Cc1ccc(S(=O)(=O)N2C[C@H](O)C[C@@H]2C(=O)OCC(=O)N2N=C3/C(=C\c4ccc(Cl)cc4)CCC[C@H]3[C@H]2c2ccc(Cl)cc2)cc1C. The minimum atomic E-state index is -4.13. The molecular formula is C35H35Cl2N3O6S. The molecular weight excluding hydrogens is 661 g/mol. The molecule has 4 atom stereocenters. The van der Waals surface area contributed by atoms with E-state index < -0.39 is 46.7 Å². The van der Waals surface area contributed by atoms with Gasteiger partial charge in [-0.05, 0) is 103 Å². The van der Waals surface area contributed by atoms with E-state index in [-0.39, 0.29) is 23.8 Å². The highest BCUT2D eigenvalue weighted by Gasteiger charge is 2.46. The van der Waals surface area contributed by atoms with Crippen molar-refractivity contribution in [3.05, 3.63) is 105 Å². The average molecular weight is 697 g/mol. The van der Waals surface area contributed by atoms with Gasteiger partial charge in [-0.2, -0.15) is 9.41 Å². The van der Waals surface area contributed by atoms with Crippen molar-refractivity contribution in [1.29, 1.82) is 0 Å². The van der Waals surface area contributed by atoms with Crippen molar-refractivity contribution >= 4 is 56.9 Å². The first-order chi connectivity index (χ1) is 22.4. The van der Waals surface area contributed by atoms with E-state index in [1.54, 1.807) is 31.2 Å². The second kappa shape index (κ2) is 13.5. The van der Waals surface area contributed by atoms with Gasteiger partial charge in [-0.3, -0.25) is 9.59 Å². The van der Waals surface area contributed by atoms with Crippen molar-refractivity contribution in [2.45, 2.75) is 62.6 Å². The van der Waals surface area contributed by atoms with E-state index in [0.717, 1.165) is 57.1 Å². The summed E-state index contributed by atoms with van der Waals surface area (Å²) in [6.45, 7) is 2.77. The zero-order chi connectivity index (χ0) is 33.5. The molecule has 1 N–H and O–H groups in total. The topological polar surface area (TPSA) is 117 Å². The van der Waals surface area contributed by atoms with Crippen LogP contribution in [0.1, 0.15) is 54.0 Å². The summed E-state index contributed by atoms with van der Waals surface area (Å²) in [4.78, 5) is 27.2. The van der Waals surface area contributed by atoms with Gasteiger partial charge >= 0.3 is 5.97 Å². The Kier molecular flexibility index (Phi) is 9.60. The fraction of sp³-hybridized carbons (Fsp3) is 0.343. The number of fused-ring (bicyclic) bond motifs is 1. The normalized spacial score (nSPS) is 23.9. The Hall–Kier alpha value is -3.54. The lowest BCUT2D eigenvalue weighted by Gasteiger charge is -2.29. The third-order valence-electron chi connectivity index (χ3n) is 9.11. The summed E-state index contributed by atoms with van der Waals surface area (Å²) in [6.07, 6.45) is 3.36. The number of β-amino-alcohol motifs (C(OH)–C–C–N with tert-alkyl or cyclic N) is 1. The molecule has 1 aliphatic carbocycles. The average Bonchev–Trinajstić information content (AvgIpc) is 3.65. The van der Waals surface area contributed by atoms with Crippen molar-refractivity contribution in [2.24, 2.45) is 11.0 Å². The molecule has 12 heteroatoms. The fourth-order valence-corrected chi connectivity index (χ4v) is 8.49. The molecule has 0 aromatic heterocycles. The summed E-state index contributed by atoms with van der Waals surface area (Å²) in [5, 5.41) is 17.8. The molecule has 9 nitrogen and oxygen atoms in total. The van der Waals surface area contributed by atoms with Crippen LogP contribution in [0.5, 0.6) is 0 Å². The van der Waals surface area contributed by atoms with Crippen LogP contribution in [-0.4, -0.2) is 65.7 Å². The molecule has 3 aromatic rings. The predicted octanol–water partition coefficient (Wildman–Crippen LogP) is 6.10. The molecule has 3 aromatic carbocycles. The molecule has 0 radical (unpaired) electrons. The van der Waals surface area contributed by atoms with Gasteiger partial charge in [0.25, 0.3) is 5.91 Å². The van der Waals surface area contributed by atoms with E-state index in [9.17, 15) is 23.1 Å². The molecule has 0 bridgehead atoms. The Labute approximate surface area is 284 Å². The fourth-order valence-electron chi connectivity index (χ4n) is 6.53. The van der Waals surface area contributed by atoms with Crippen molar-refractivity contribution in [2.75, 3.05) is 13.2 Å². The third kappa shape index (κ3) is 6.89. The lowest BCUT2D eigenvalue weighted by Crippen LogP contribution is -2.42. The highest BCUT2D eigenvalue weighted by molar-refractivity contribution is 7.89. The molecule has 0 spiro atoms. The van der Waals surface area contributed by atoms with E-state index in [1.165, 1.54) is 11.1 Å². The second-order valence-electron chi connectivity index (χ2n) is 12.3. The number of hydrogen-bond donors (Lipinski definition) is 1. The molecule has 6 rings (SSSR count). The Morgan fingerprint density at radius 3 is 2.36 bits per heavy atom. The van der Waals surface area contributed by atoms with Crippen LogP contribution in [0.2, 0.25) is 10.0 Å². The summed E-state index contributed by atoms with van der Waals surface area (Å²) in [5.41, 5.74) is 5.33. The van der Waals surface area contributed by atoms with Crippen molar-refractivity contribution in [3.63, 3.8) is 0 Å². The summed E-state index contributed by atoms with van der Waals surface area (Å²) < 4.78 is 33.5. The second-order valence-corrected chi connectivity index (χ2v) is 15.0. The van der Waals surface area contributed by atoms with Crippen LogP contribution in [0.25, 0.3) is 6.08 Å². The molecule has 3 aliphatic rings. The zero-order valence-electron chi connectivity index (χ0n) is 26.0. The minimum Gasteiger partial charge on any atom is -0.454 e. The number of hydrazone groups is 1. The number of amides is 1. The van der Waals surface area contributed by atoms with Gasteiger partial charge in [0.15, 0.2) is 6.61 Å². The number of carbonyl (C=O) groups excluding carboxylic acids is 2. The highest BCUT2D eigenvalue weighted by Crippen LogP contribution is 2.44. The minimum absolute atomic E-state index is 0.0207. The number of aryl methyl sites for hydroxylation is 2. The number of halogens is 2. The highest BCUT2D eigenvalue weighted by atomic mass is 35.5. The Morgan fingerprint density at radius 2 is 1.68 bits per heavy atom. The van der Waals surface area contributed by atoms with Crippen LogP contribution < -0.4 is 0 Å². The monoisotopic (exact) mass is 695 g/mol.